The number of esters is 1. The standard InChI is InChI=1S/C15H28O2/c1-6-8-10-14(11-9-7-2)13(5)17-15(16)12(3)4/h13-14H,3,6-11H2,1-2,4-5H3. The number of unbranched alkanes of at least 4 members (excludes halogenated alkanes) is 2. The highest BCUT2D eigenvalue weighted by atomic mass is 16.5. The van der Waals surface area contributed by atoms with E-state index in [9.17, 15) is 4.79 Å². The van der Waals surface area contributed by atoms with E-state index in [0.29, 0.717) is 11.5 Å². The minimum atomic E-state index is -0.254. The third-order valence-electron chi connectivity index (χ3n) is 3.16. The van der Waals surface area contributed by atoms with E-state index >= 15 is 0 Å². The number of carbonyl (C=O) groups is 1. The molecule has 0 saturated heterocycles. The summed E-state index contributed by atoms with van der Waals surface area (Å²) in [5, 5.41) is 0. The van der Waals surface area contributed by atoms with Crippen molar-refractivity contribution in [1.82, 2.24) is 0 Å². The lowest BCUT2D eigenvalue weighted by molar-refractivity contribution is -0.146. The van der Waals surface area contributed by atoms with Gasteiger partial charge in [-0.05, 0) is 32.6 Å². The topological polar surface area (TPSA) is 26.3 Å². The van der Waals surface area contributed by atoms with Crippen molar-refractivity contribution in [3.05, 3.63) is 12.2 Å². The maximum Gasteiger partial charge on any atom is 0.333 e. The smallest absolute Gasteiger partial charge is 0.333 e. The Labute approximate surface area is 106 Å². The summed E-state index contributed by atoms with van der Waals surface area (Å²) in [6, 6.07) is 0. The molecule has 0 saturated carbocycles. The summed E-state index contributed by atoms with van der Waals surface area (Å²) in [6.45, 7) is 11.7. The minimum absolute atomic E-state index is 0.0114. The van der Waals surface area contributed by atoms with E-state index in [1.165, 1.54) is 25.7 Å². The monoisotopic (exact) mass is 240 g/mol. The van der Waals surface area contributed by atoms with Crippen LogP contribution < -0.4 is 0 Å². The Kier molecular flexibility index (Phi) is 8.83. The summed E-state index contributed by atoms with van der Waals surface area (Å²) in [4.78, 5) is 11.5. The minimum Gasteiger partial charge on any atom is -0.459 e. The van der Waals surface area contributed by atoms with E-state index < -0.39 is 0 Å². The maximum atomic E-state index is 11.5. The van der Waals surface area contributed by atoms with Crippen LogP contribution in [0.5, 0.6) is 0 Å². The van der Waals surface area contributed by atoms with E-state index in [4.69, 9.17) is 4.74 Å². The summed E-state index contributed by atoms with van der Waals surface area (Å²) >= 11 is 0. The molecule has 0 aliphatic rings. The van der Waals surface area contributed by atoms with Gasteiger partial charge in [0, 0.05) is 5.57 Å². The zero-order chi connectivity index (χ0) is 13.3. The Morgan fingerprint density at radius 3 is 2.00 bits per heavy atom. The molecular formula is C15H28O2. The normalized spacial score (nSPS) is 12.5. The molecule has 1 unspecified atom stereocenters. The molecule has 0 bridgehead atoms. The highest BCUT2D eigenvalue weighted by molar-refractivity contribution is 5.87. The first kappa shape index (κ1) is 16.2. The van der Waals surface area contributed by atoms with E-state index in [2.05, 4.69) is 20.4 Å². The molecule has 0 spiro atoms. The Morgan fingerprint density at radius 1 is 1.18 bits per heavy atom. The van der Waals surface area contributed by atoms with E-state index in [-0.39, 0.29) is 12.1 Å². The molecule has 100 valence electrons. The van der Waals surface area contributed by atoms with Crippen molar-refractivity contribution in [2.24, 2.45) is 5.92 Å². The van der Waals surface area contributed by atoms with Crippen LogP contribution in [0.3, 0.4) is 0 Å². The van der Waals surface area contributed by atoms with E-state index in [1.807, 2.05) is 6.92 Å². The van der Waals surface area contributed by atoms with Gasteiger partial charge in [0.25, 0.3) is 0 Å². The fourth-order valence-corrected chi connectivity index (χ4v) is 1.91. The van der Waals surface area contributed by atoms with Crippen molar-refractivity contribution < 1.29 is 9.53 Å². The lowest BCUT2D eigenvalue weighted by atomic mass is 9.91. The summed E-state index contributed by atoms with van der Waals surface area (Å²) in [7, 11) is 0. The average Bonchev–Trinajstić information content (AvgIpc) is 2.28. The summed E-state index contributed by atoms with van der Waals surface area (Å²) in [6.07, 6.45) is 7.14. The lowest BCUT2D eigenvalue weighted by Crippen LogP contribution is -2.24. The number of hydrogen-bond donors (Lipinski definition) is 0. The molecule has 0 aromatic heterocycles. The first-order valence-corrected chi connectivity index (χ1v) is 6.89. The first-order valence-electron chi connectivity index (χ1n) is 6.89. The molecule has 0 N–H and O–H groups in total. The molecular weight excluding hydrogens is 212 g/mol. The van der Waals surface area contributed by atoms with Crippen LogP contribution in [0.1, 0.15) is 66.2 Å². The van der Waals surface area contributed by atoms with Crippen LogP contribution in [0.25, 0.3) is 0 Å². The third-order valence-corrected chi connectivity index (χ3v) is 3.16. The second-order valence-electron chi connectivity index (χ2n) is 4.94. The van der Waals surface area contributed by atoms with Crippen LogP contribution in [0.15, 0.2) is 12.2 Å². The molecule has 0 aliphatic heterocycles. The van der Waals surface area contributed by atoms with Crippen molar-refractivity contribution in [3.63, 3.8) is 0 Å². The van der Waals surface area contributed by atoms with Crippen LogP contribution in [0.2, 0.25) is 0 Å². The number of carbonyl (C=O) groups excluding carboxylic acids is 1. The molecule has 1 atom stereocenters. The zero-order valence-corrected chi connectivity index (χ0v) is 11.9. The van der Waals surface area contributed by atoms with Crippen LogP contribution in [0, 0.1) is 5.92 Å². The van der Waals surface area contributed by atoms with Crippen LogP contribution >= 0.6 is 0 Å². The fraction of sp³-hybridized carbons (Fsp3) is 0.800. The zero-order valence-electron chi connectivity index (χ0n) is 11.9. The molecule has 0 radical (unpaired) electrons. The number of rotatable bonds is 9. The molecule has 0 aromatic carbocycles. The number of hydrogen-bond acceptors (Lipinski definition) is 2. The van der Waals surface area contributed by atoms with Crippen molar-refractivity contribution in [3.8, 4) is 0 Å². The van der Waals surface area contributed by atoms with E-state index in [0.717, 1.165) is 12.8 Å². The molecule has 0 amide bonds. The van der Waals surface area contributed by atoms with Gasteiger partial charge in [-0.25, -0.2) is 4.79 Å². The van der Waals surface area contributed by atoms with Gasteiger partial charge in [0.2, 0.25) is 0 Å². The highest BCUT2D eigenvalue weighted by Gasteiger charge is 2.20. The molecule has 0 fully saturated rings. The van der Waals surface area contributed by atoms with Gasteiger partial charge in [0.15, 0.2) is 0 Å². The second kappa shape index (κ2) is 9.26. The van der Waals surface area contributed by atoms with Crippen LogP contribution in [-0.2, 0) is 9.53 Å². The molecule has 0 aromatic rings. The van der Waals surface area contributed by atoms with Crippen LogP contribution in [-0.4, -0.2) is 12.1 Å². The van der Waals surface area contributed by atoms with Crippen molar-refractivity contribution in [1.29, 1.82) is 0 Å². The maximum absolute atomic E-state index is 11.5. The van der Waals surface area contributed by atoms with Gasteiger partial charge in [-0.1, -0.05) is 46.1 Å². The van der Waals surface area contributed by atoms with Gasteiger partial charge in [-0.15, -0.1) is 0 Å². The molecule has 0 aliphatic carbocycles. The predicted molar refractivity (Wildman–Crippen MR) is 72.9 cm³/mol. The van der Waals surface area contributed by atoms with Gasteiger partial charge in [0.1, 0.15) is 6.10 Å². The van der Waals surface area contributed by atoms with Crippen molar-refractivity contribution in [2.75, 3.05) is 0 Å². The highest BCUT2D eigenvalue weighted by Crippen LogP contribution is 2.22. The third kappa shape index (κ3) is 7.19. The lowest BCUT2D eigenvalue weighted by Gasteiger charge is -2.24. The Hall–Kier alpha value is -0.790. The Morgan fingerprint density at radius 2 is 1.65 bits per heavy atom. The first-order chi connectivity index (χ1) is 8.02. The molecule has 17 heavy (non-hydrogen) atoms. The fourth-order valence-electron chi connectivity index (χ4n) is 1.91. The summed E-state index contributed by atoms with van der Waals surface area (Å²) in [5.41, 5.74) is 0.488. The SMILES string of the molecule is C=C(C)C(=O)OC(C)C(CCCC)CCCC. The second-order valence-corrected chi connectivity index (χ2v) is 4.94. The quantitative estimate of drug-likeness (QED) is 0.438. The molecule has 0 rings (SSSR count). The Bertz CT molecular complexity index is 225. The Balaban J connectivity index is 4.24. The number of ether oxygens (including phenoxy) is 1. The van der Waals surface area contributed by atoms with Gasteiger partial charge < -0.3 is 4.74 Å². The van der Waals surface area contributed by atoms with Gasteiger partial charge in [-0.3, -0.25) is 0 Å². The largest absolute Gasteiger partial charge is 0.459 e. The van der Waals surface area contributed by atoms with Crippen LogP contribution in [0.4, 0.5) is 0 Å². The summed E-state index contributed by atoms with van der Waals surface area (Å²) in [5.74, 6) is 0.244. The van der Waals surface area contributed by atoms with Gasteiger partial charge in [-0.2, -0.15) is 0 Å². The van der Waals surface area contributed by atoms with Gasteiger partial charge in [0.05, 0.1) is 0 Å². The molecule has 0 heterocycles. The van der Waals surface area contributed by atoms with Crippen molar-refractivity contribution in [2.45, 2.75) is 72.3 Å². The van der Waals surface area contributed by atoms with Gasteiger partial charge >= 0.3 is 5.97 Å². The molecule has 2 heteroatoms. The van der Waals surface area contributed by atoms with E-state index in [1.54, 1.807) is 6.92 Å². The molecule has 2 nitrogen and oxygen atoms in total. The predicted octanol–water partition coefficient (Wildman–Crippen LogP) is 4.49. The summed E-state index contributed by atoms with van der Waals surface area (Å²) < 4.78 is 5.43. The van der Waals surface area contributed by atoms with Crippen molar-refractivity contribution >= 4 is 5.97 Å². The average molecular weight is 240 g/mol.